The van der Waals surface area contributed by atoms with E-state index >= 15 is 0 Å². The number of carbonyl (C=O) groups is 1. The summed E-state index contributed by atoms with van der Waals surface area (Å²) in [5.74, 6) is -0.922. The van der Waals surface area contributed by atoms with Crippen molar-refractivity contribution in [2.75, 3.05) is 6.61 Å². The van der Waals surface area contributed by atoms with Gasteiger partial charge in [-0.25, -0.2) is 9.18 Å². The van der Waals surface area contributed by atoms with Crippen molar-refractivity contribution >= 4 is 18.4 Å². The van der Waals surface area contributed by atoms with Gasteiger partial charge in [-0.05, 0) is 19.1 Å². The van der Waals surface area contributed by atoms with E-state index in [4.69, 9.17) is 5.73 Å². The van der Waals surface area contributed by atoms with Crippen molar-refractivity contribution in [1.82, 2.24) is 4.98 Å². The van der Waals surface area contributed by atoms with Gasteiger partial charge in [0.2, 0.25) is 6.17 Å². The maximum Gasteiger partial charge on any atom is 0.342 e. The molecule has 1 aromatic heterocycles. The molecule has 6 heteroatoms. The molecule has 0 amide bonds. The van der Waals surface area contributed by atoms with Gasteiger partial charge in [0.15, 0.2) is 0 Å². The highest BCUT2D eigenvalue weighted by Crippen LogP contribution is 2.15. The van der Waals surface area contributed by atoms with Gasteiger partial charge in [0, 0.05) is 11.9 Å². The quantitative estimate of drug-likeness (QED) is 0.776. The first-order valence-electron chi connectivity index (χ1n) is 4.36. The van der Waals surface area contributed by atoms with Crippen LogP contribution in [0.4, 0.5) is 4.39 Å². The van der Waals surface area contributed by atoms with Crippen molar-refractivity contribution in [2.24, 2.45) is 5.73 Å². The van der Waals surface area contributed by atoms with Crippen LogP contribution in [-0.2, 0) is 9.53 Å². The summed E-state index contributed by atoms with van der Waals surface area (Å²) in [6.45, 7) is 1.77. The van der Waals surface area contributed by atoms with E-state index in [0.717, 1.165) is 0 Å². The van der Waals surface area contributed by atoms with Crippen LogP contribution >= 0.6 is 12.4 Å². The Balaban J connectivity index is 0.00000196. The van der Waals surface area contributed by atoms with Gasteiger partial charge in [-0.1, -0.05) is 0 Å². The van der Waals surface area contributed by atoms with Crippen molar-refractivity contribution in [3.05, 3.63) is 24.0 Å². The number of halogens is 2. The van der Waals surface area contributed by atoms with Crippen LogP contribution in [0.2, 0.25) is 0 Å². The van der Waals surface area contributed by atoms with Gasteiger partial charge in [-0.15, -0.1) is 12.4 Å². The van der Waals surface area contributed by atoms with E-state index in [1.165, 1.54) is 0 Å². The van der Waals surface area contributed by atoms with Crippen molar-refractivity contribution in [1.29, 1.82) is 0 Å². The first kappa shape index (κ1) is 13.9. The fourth-order valence-corrected chi connectivity index (χ4v) is 1.08. The van der Waals surface area contributed by atoms with E-state index in [1.54, 1.807) is 25.3 Å². The molecule has 0 saturated carbocycles. The Morgan fingerprint density at radius 2 is 2.40 bits per heavy atom. The average molecular weight is 237 g/mol. The number of alkyl halides is 1. The van der Waals surface area contributed by atoms with E-state index in [-0.39, 0.29) is 19.0 Å². The highest BCUT2D eigenvalue weighted by atomic mass is 35.5. The number of aromatic amines is 1. The van der Waals surface area contributed by atoms with Crippen LogP contribution in [0.15, 0.2) is 18.3 Å². The second-order valence-electron chi connectivity index (χ2n) is 2.81. The molecule has 0 aliphatic carbocycles. The molecule has 0 aliphatic heterocycles. The standard InChI is InChI=1S/C9H13FN2O2.ClH/c1-2-14-9(13)7(10)8(11)6-4-3-5-12-6;/h3-5,7-8,12H,2,11H2,1H3;1H/t7?,8-;/m1./s1. The summed E-state index contributed by atoms with van der Waals surface area (Å²) in [4.78, 5) is 13.7. The normalized spacial score (nSPS) is 13.8. The van der Waals surface area contributed by atoms with Crippen LogP contribution in [0.1, 0.15) is 18.7 Å². The molecule has 2 atom stereocenters. The molecule has 1 heterocycles. The third-order valence-corrected chi connectivity index (χ3v) is 1.81. The summed E-state index contributed by atoms with van der Waals surface area (Å²) < 4.78 is 17.8. The number of ether oxygens (including phenoxy) is 1. The van der Waals surface area contributed by atoms with Crippen LogP contribution in [-0.4, -0.2) is 23.7 Å². The maximum atomic E-state index is 13.3. The van der Waals surface area contributed by atoms with Crippen LogP contribution in [0.3, 0.4) is 0 Å². The molecule has 0 aliphatic rings. The number of rotatable bonds is 4. The predicted octanol–water partition coefficient (Wildman–Crippen LogP) is 1.34. The molecule has 86 valence electrons. The lowest BCUT2D eigenvalue weighted by Crippen LogP contribution is -2.31. The summed E-state index contributed by atoms with van der Waals surface area (Å²) in [7, 11) is 0. The number of H-pyrrole nitrogens is 1. The first-order valence-corrected chi connectivity index (χ1v) is 4.36. The molecule has 0 radical (unpaired) electrons. The second-order valence-corrected chi connectivity index (χ2v) is 2.81. The third kappa shape index (κ3) is 3.53. The van der Waals surface area contributed by atoms with E-state index in [0.29, 0.717) is 5.69 Å². The zero-order valence-corrected chi connectivity index (χ0v) is 9.09. The highest BCUT2D eigenvalue weighted by molar-refractivity contribution is 5.85. The third-order valence-electron chi connectivity index (χ3n) is 1.81. The lowest BCUT2D eigenvalue weighted by Gasteiger charge is -2.13. The first-order chi connectivity index (χ1) is 6.66. The molecule has 1 rings (SSSR count). The van der Waals surface area contributed by atoms with Crippen LogP contribution < -0.4 is 5.73 Å². The smallest absolute Gasteiger partial charge is 0.342 e. The Morgan fingerprint density at radius 1 is 1.73 bits per heavy atom. The Bertz CT molecular complexity index is 292. The summed E-state index contributed by atoms with van der Waals surface area (Å²) in [6, 6.07) is 2.31. The second kappa shape index (κ2) is 6.42. The molecule has 0 spiro atoms. The van der Waals surface area contributed by atoms with Crippen LogP contribution in [0, 0.1) is 0 Å². The van der Waals surface area contributed by atoms with Gasteiger partial charge in [0.1, 0.15) is 0 Å². The fourth-order valence-electron chi connectivity index (χ4n) is 1.08. The Hall–Kier alpha value is -1.07. The van der Waals surface area contributed by atoms with E-state index in [1.807, 2.05) is 0 Å². The van der Waals surface area contributed by atoms with Crippen LogP contribution in [0.25, 0.3) is 0 Å². The van der Waals surface area contributed by atoms with E-state index in [2.05, 4.69) is 9.72 Å². The molecule has 0 saturated heterocycles. The summed E-state index contributed by atoms with van der Waals surface area (Å²) in [5.41, 5.74) is 5.98. The molecule has 0 aromatic carbocycles. The van der Waals surface area contributed by atoms with Crippen molar-refractivity contribution in [2.45, 2.75) is 19.1 Å². The number of nitrogens with two attached hydrogens (primary N) is 1. The minimum absolute atomic E-state index is 0. The van der Waals surface area contributed by atoms with Gasteiger partial charge in [-0.2, -0.15) is 0 Å². The zero-order valence-electron chi connectivity index (χ0n) is 8.27. The minimum Gasteiger partial charge on any atom is -0.464 e. The van der Waals surface area contributed by atoms with Gasteiger partial charge < -0.3 is 15.5 Å². The van der Waals surface area contributed by atoms with Gasteiger partial charge in [-0.3, -0.25) is 0 Å². The molecule has 0 fully saturated rings. The molecule has 4 nitrogen and oxygen atoms in total. The molecule has 0 bridgehead atoms. The van der Waals surface area contributed by atoms with Gasteiger partial charge >= 0.3 is 5.97 Å². The van der Waals surface area contributed by atoms with Crippen molar-refractivity contribution in [3.8, 4) is 0 Å². The number of hydrogen-bond donors (Lipinski definition) is 2. The maximum absolute atomic E-state index is 13.3. The highest BCUT2D eigenvalue weighted by Gasteiger charge is 2.28. The largest absolute Gasteiger partial charge is 0.464 e. The lowest BCUT2D eigenvalue weighted by molar-refractivity contribution is -0.150. The lowest BCUT2D eigenvalue weighted by atomic mass is 10.1. The number of esters is 1. The monoisotopic (exact) mass is 236 g/mol. The van der Waals surface area contributed by atoms with Gasteiger partial charge in [0.25, 0.3) is 0 Å². The Kier molecular flexibility index (Phi) is 5.96. The SMILES string of the molecule is CCOC(=O)C(F)[C@H](N)c1ccc[nH]1.Cl. The molecule has 1 unspecified atom stereocenters. The molecular formula is C9H14ClFN2O2. The topological polar surface area (TPSA) is 68.1 Å². The van der Waals surface area contributed by atoms with E-state index < -0.39 is 18.2 Å². The number of hydrogen-bond acceptors (Lipinski definition) is 3. The molecular weight excluding hydrogens is 223 g/mol. The molecule has 1 aromatic rings. The summed E-state index contributed by atoms with van der Waals surface area (Å²) in [6.07, 6.45) is -0.207. The minimum atomic E-state index is -1.83. The van der Waals surface area contributed by atoms with Gasteiger partial charge in [0.05, 0.1) is 12.6 Å². The number of carbonyl (C=O) groups excluding carboxylic acids is 1. The predicted molar refractivity (Wildman–Crippen MR) is 56.5 cm³/mol. The van der Waals surface area contributed by atoms with Crippen molar-refractivity contribution in [3.63, 3.8) is 0 Å². The Labute approximate surface area is 93.4 Å². The summed E-state index contributed by atoms with van der Waals surface area (Å²) in [5, 5.41) is 0. The van der Waals surface area contributed by atoms with E-state index in [9.17, 15) is 9.18 Å². The number of nitrogens with one attached hydrogen (secondary N) is 1. The zero-order chi connectivity index (χ0) is 10.6. The fraction of sp³-hybridized carbons (Fsp3) is 0.444. The summed E-state index contributed by atoms with van der Waals surface area (Å²) >= 11 is 0. The average Bonchev–Trinajstić information content (AvgIpc) is 2.68. The molecule has 3 N–H and O–H groups in total. The van der Waals surface area contributed by atoms with Crippen LogP contribution in [0.5, 0.6) is 0 Å². The number of aromatic nitrogens is 1. The van der Waals surface area contributed by atoms with Crippen molar-refractivity contribution < 1.29 is 13.9 Å². The molecule has 15 heavy (non-hydrogen) atoms. The Morgan fingerprint density at radius 3 is 2.87 bits per heavy atom.